The van der Waals surface area contributed by atoms with E-state index in [1.54, 1.807) is 0 Å². The molecule has 0 aliphatic carbocycles. The fourth-order valence-corrected chi connectivity index (χ4v) is 3.85. The van der Waals surface area contributed by atoms with E-state index < -0.39 is 0 Å². The molecule has 2 aliphatic rings. The zero-order chi connectivity index (χ0) is 9.97. The second kappa shape index (κ2) is 4.57. The molecule has 68 valence electrons. The fourth-order valence-electron chi connectivity index (χ4n) is 1.21. The summed E-state index contributed by atoms with van der Waals surface area (Å²) in [6.07, 6.45) is 8.38. The van der Waals surface area contributed by atoms with Crippen LogP contribution in [-0.2, 0) is 0 Å². The standard InChI is InChI=1S/C10H8S2Si2/c11-9(7-3-1-5-13-7)10(12)8-4-2-6-14-8/h1-6,11-12H/b10-9-. The lowest BCUT2D eigenvalue weighted by atomic mass is 10.3. The van der Waals surface area contributed by atoms with Crippen molar-refractivity contribution in [3.8, 4) is 0 Å². The first-order valence-electron chi connectivity index (χ1n) is 4.19. The molecule has 2 aliphatic heterocycles. The molecule has 0 unspecified atom stereocenters. The van der Waals surface area contributed by atoms with Crippen LogP contribution in [0.4, 0.5) is 0 Å². The third-order valence-corrected chi connectivity index (χ3v) is 5.63. The number of hydrogen-bond acceptors (Lipinski definition) is 2. The van der Waals surface area contributed by atoms with Gasteiger partial charge in [0.15, 0.2) is 0 Å². The summed E-state index contributed by atoms with van der Waals surface area (Å²) >= 11 is 9.07. The number of allylic oxidation sites excluding steroid dienone is 6. The minimum atomic E-state index is 0.742. The highest BCUT2D eigenvalue weighted by Gasteiger charge is 2.11. The Morgan fingerprint density at radius 3 is 1.57 bits per heavy atom. The average Bonchev–Trinajstić information content (AvgIpc) is 2.87. The van der Waals surface area contributed by atoms with Crippen LogP contribution in [-0.4, -0.2) is 19.0 Å². The van der Waals surface area contributed by atoms with Gasteiger partial charge in [0.05, 0.1) is 0 Å². The van der Waals surface area contributed by atoms with Crippen molar-refractivity contribution in [1.82, 2.24) is 0 Å². The highest BCUT2D eigenvalue weighted by Crippen LogP contribution is 2.28. The predicted molar refractivity (Wildman–Crippen MR) is 71.0 cm³/mol. The van der Waals surface area contributed by atoms with Crippen LogP contribution in [0.3, 0.4) is 0 Å². The maximum atomic E-state index is 4.53. The van der Waals surface area contributed by atoms with E-state index in [1.165, 1.54) is 10.4 Å². The highest BCUT2D eigenvalue weighted by molar-refractivity contribution is 7.89. The lowest BCUT2D eigenvalue weighted by Crippen LogP contribution is -1.96. The van der Waals surface area contributed by atoms with Gasteiger partial charge in [0.25, 0.3) is 0 Å². The molecule has 0 atom stereocenters. The maximum absolute atomic E-state index is 4.53. The first-order chi connectivity index (χ1) is 6.79. The maximum Gasteiger partial charge on any atom is 0.113 e. The molecule has 0 bridgehead atoms. The van der Waals surface area contributed by atoms with Crippen LogP contribution >= 0.6 is 25.3 Å². The summed E-state index contributed by atoms with van der Waals surface area (Å²) in [6.45, 7) is 0. The smallest absolute Gasteiger partial charge is 0.113 e. The van der Waals surface area contributed by atoms with E-state index in [2.05, 4.69) is 61.0 Å². The largest absolute Gasteiger partial charge is 0.142 e. The second-order valence-corrected chi connectivity index (χ2v) is 6.08. The SMILES string of the molecule is S/C(C1=CC=C[Si]1)=C(\S)C1=CC=C[Si]1. The Kier molecular flexibility index (Phi) is 3.38. The van der Waals surface area contributed by atoms with Gasteiger partial charge in [-0.25, -0.2) is 0 Å². The van der Waals surface area contributed by atoms with Gasteiger partial charge in [0.1, 0.15) is 19.0 Å². The summed E-state index contributed by atoms with van der Waals surface area (Å²) < 4.78 is 0. The van der Waals surface area contributed by atoms with E-state index in [0.717, 1.165) is 28.8 Å². The van der Waals surface area contributed by atoms with Gasteiger partial charge in [0.2, 0.25) is 0 Å². The summed E-state index contributed by atoms with van der Waals surface area (Å²) in [5.74, 6) is 0. The highest BCUT2D eigenvalue weighted by atomic mass is 32.1. The van der Waals surface area contributed by atoms with Crippen LogP contribution in [0.2, 0.25) is 0 Å². The van der Waals surface area contributed by atoms with Crippen molar-refractivity contribution in [2.24, 2.45) is 0 Å². The number of hydrogen-bond donors (Lipinski definition) is 2. The van der Waals surface area contributed by atoms with E-state index in [1.807, 2.05) is 0 Å². The molecule has 0 aromatic rings. The summed E-state index contributed by atoms with van der Waals surface area (Å²) in [4.78, 5) is 2.05. The normalized spacial score (nSPS) is 21.0. The zero-order valence-corrected chi connectivity index (χ0v) is 11.1. The second-order valence-electron chi connectivity index (χ2n) is 2.86. The molecular formula is C10H8S2Si2. The molecule has 0 aromatic heterocycles. The lowest BCUT2D eigenvalue weighted by molar-refractivity contribution is 1.74. The van der Waals surface area contributed by atoms with Gasteiger partial charge >= 0.3 is 0 Å². The molecule has 2 heterocycles. The van der Waals surface area contributed by atoms with Crippen molar-refractivity contribution in [3.05, 3.63) is 55.9 Å². The van der Waals surface area contributed by atoms with Gasteiger partial charge < -0.3 is 0 Å². The van der Waals surface area contributed by atoms with Crippen LogP contribution < -0.4 is 0 Å². The van der Waals surface area contributed by atoms with E-state index in [4.69, 9.17) is 0 Å². The van der Waals surface area contributed by atoms with E-state index in [9.17, 15) is 0 Å². The van der Waals surface area contributed by atoms with Crippen molar-refractivity contribution < 1.29 is 0 Å². The fraction of sp³-hybridized carbons (Fsp3) is 0. The van der Waals surface area contributed by atoms with Crippen LogP contribution in [0.25, 0.3) is 0 Å². The molecule has 4 radical (unpaired) electrons. The topological polar surface area (TPSA) is 0 Å². The molecule has 0 amide bonds. The van der Waals surface area contributed by atoms with Gasteiger partial charge in [0, 0.05) is 9.81 Å². The van der Waals surface area contributed by atoms with Gasteiger partial charge in [-0.2, -0.15) is 0 Å². The van der Waals surface area contributed by atoms with Gasteiger partial charge in [-0.3, -0.25) is 0 Å². The summed E-state index contributed by atoms with van der Waals surface area (Å²) in [6, 6.07) is 0. The van der Waals surface area contributed by atoms with E-state index >= 15 is 0 Å². The molecule has 0 spiro atoms. The van der Waals surface area contributed by atoms with Crippen LogP contribution in [0.1, 0.15) is 0 Å². The van der Waals surface area contributed by atoms with E-state index in [0.29, 0.717) is 0 Å². The first kappa shape index (κ1) is 10.4. The van der Waals surface area contributed by atoms with Crippen LogP contribution in [0, 0.1) is 0 Å². The monoisotopic (exact) mass is 248 g/mol. The van der Waals surface area contributed by atoms with Crippen molar-refractivity contribution in [3.63, 3.8) is 0 Å². The summed E-state index contributed by atoms with van der Waals surface area (Å²) in [5.41, 5.74) is 4.33. The quantitative estimate of drug-likeness (QED) is 0.544. The first-order valence-corrected chi connectivity index (χ1v) is 7.23. The Hall–Kier alpha value is -0.166. The van der Waals surface area contributed by atoms with Gasteiger partial charge in [-0.05, 0) is 10.4 Å². The van der Waals surface area contributed by atoms with Gasteiger partial charge in [-0.15, -0.1) is 25.3 Å². The molecule has 0 fully saturated rings. The molecule has 2 rings (SSSR count). The lowest BCUT2D eigenvalue weighted by Gasteiger charge is -2.07. The Balaban J connectivity index is 2.22. The molecular weight excluding hydrogens is 240 g/mol. The molecule has 0 saturated carbocycles. The Bertz CT molecular complexity index is 362. The minimum Gasteiger partial charge on any atom is -0.142 e. The average molecular weight is 248 g/mol. The molecule has 0 aromatic carbocycles. The summed E-state index contributed by atoms with van der Waals surface area (Å²) in [5, 5.41) is 2.58. The molecule has 4 heteroatoms. The summed E-state index contributed by atoms with van der Waals surface area (Å²) in [7, 11) is 1.48. The Morgan fingerprint density at radius 2 is 1.29 bits per heavy atom. The van der Waals surface area contributed by atoms with Crippen LogP contribution in [0.15, 0.2) is 55.9 Å². The van der Waals surface area contributed by atoms with Crippen molar-refractivity contribution in [2.75, 3.05) is 0 Å². The number of thiol groups is 2. The van der Waals surface area contributed by atoms with Crippen molar-refractivity contribution in [2.45, 2.75) is 0 Å². The van der Waals surface area contributed by atoms with Crippen molar-refractivity contribution in [1.29, 1.82) is 0 Å². The third-order valence-electron chi connectivity index (χ3n) is 1.93. The molecule has 0 nitrogen and oxygen atoms in total. The van der Waals surface area contributed by atoms with E-state index in [-0.39, 0.29) is 0 Å². The molecule has 14 heavy (non-hydrogen) atoms. The third kappa shape index (κ3) is 2.08. The van der Waals surface area contributed by atoms with Gasteiger partial charge in [-0.1, -0.05) is 35.7 Å². The van der Waals surface area contributed by atoms with Crippen molar-refractivity contribution >= 4 is 44.3 Å². The molecule has 0 N–H and O–H groups in total. The van der Waals surface area contributed by atoms with Crippen LogP contribution in [0.5, 0.6) is 0 Å². The predicted octanol–water partition coefficient (Wildman–Crippen LogP) is 2.29. The zero-order valence-electron chi connectivity index (χ0n) is 7.36. The Morgan fingerprint density at radius 1 is 0.857 bits per heavy atom. The molecule has 0 saturated heterocycles. The minimum absolute atomic E-state index is 0.742. The number of rotatable bonds is 2. The Labute approximate surface area is 100 Å².